The van der Waals surface area contributed by atoms with Crippen molar-refractivity contribution in [1.29, 1.82) is 0 Å². The van der Waals surface area contributed by atoms with Crippen LogP contribution in [0.1, 0.15) is 18.3 Å². The fourth-order valence-corrected chi connectivity index (χ4v) is 3.14. The Bertz CT molecular complexity index is 875. The minimum atomic E-state index is -1.58. The van der Waals surface area contributed by atoms with Crippen molar-refractivity contribution in [2.24, 2.45) is 0 Å². The standard InChI is InChI=1S/C18H16Cl2FN3O2/c1-11(26-14-5-2-12(19)3-6-14)18(25,9-17-22-10-23-24-17)15-7-4-13(21)8-16(15)20/h2-8,10-11,25H,9H2,1H3,(H,22,23,24). The van der Waals surface area contributed by atoms with Crippen molar-refractivity contribution >= 4 is 23.2 Å². The first-order valence-electron chi connectivity index (χ1n) is 7.83. The third-order valence-corrected chi connectivity index (χ3v) is 4.66. The lowest BCUT2D eigenvalue weighted by Crippen LogP contribution is -2.44. The predicted molar refractivity (Wildman–Crippen MR) is 96.9 cm³/mol. The van der Waals surface area contributed by atoms with Gasteiger partial charge in [0.1, 0.15) is 35.4 Å². The highest BCUT2D eigenvalue weighted by Gasteiger charge is 2.40. The second kappa shape index (κ2) is 7.61. The van der Waals surface area contributed by atoms with E-state index in [1.54, 1.807) is 31.2 Å². The zero-order valence-electron chi connectivity index (χ0n) is 13.8. The monoisotopic (exact) mass is 395 g/mol. The van der Waals surface area contributed by atoms with Crippen LogP contribution in [0.2, 0.25) is 10.0 Å². The number of nitrogens with zero attached hydrogens (tertiary/aromatic N) is 2. The second-order valence-corrected chi connectivity index (χ2v) is 6.72. The van der Waals surface area contributed by atoms with E-state index in [0.29, 0.717) is 22.2 Å². The third kappa shape index (κ3) is 3.98. The number of halogens is 3. The fraction of sp³-hybridized carbons (Fsp3) is 0.222. The van der Waals surface area contributed by atoms with E-state index >= 15 is 0 Å². The molecule has 0 fully saturated rings. The number of hydrogen-bond donors (Lipinski definition) is 2. The van der Waals surface area contributed by atoms with Gasteiger partial charge in [-0.15, -0.1) is 0 Å². The van der Waals surface area contributed by atoms with Gasteiger partial charge in [-0.1, -0.05) is 29.3 Å². The van der Waals surface area contributed by atoms with Crippen LogP contribution >= 0.6 is 23.2 Å². The van der Waals surface area contributed by atoms with Gasteiger partial charge in [-0.25, -0.2) is 9.37 Å². The number of ether oxygens (including phenoxy) is 1. The van der Waals surface area contributed by atoms with Gasteiger partial charge in [0.05, 0.1) is 0 Å². The molecule has 0 spiro atoms. The number of nitrogens with one attached hydrogen (secondary N) is 1. The van der Waals surface area contributed by atoms with Crippen LogP contribution in [0.5, 0.6) is 5.75 Å². The number of rotatable bonds is 6. The van der Waals surface area contributed by atoms with E-state index in [-0.39, 0.29) is 11.4 Å². The Labute approximate surface area is 159 Å². The molecule has 2 aromatic carbocycles. The van der Waals surface area contributed by atoms with Gasteiger partial charge in [0.15, 0.2) is 0 Å². The maximum absolute atomic E-state index is 13.5. The lowest BCUT2D eigenvalue weighted by Gasteiger charge is -2.34. The lowest BCUT2D eigenvalue weighted by molar-refractivity contribution is -0.0601. The van der Waals surface area contributed by atoms with E-state index in [0.717, 1.165) is 6.07 Å². The minimum absolute atomic E-state index is 0.0487. The van der Waals surface area contributed by atoms with Crippen molar-refractivity contribution < 1.29 is 14.2 Å². The van der Waals surface area contributed by atoms with E-state index in [9.17, 15) is 9.50 Å². The van der Waals surface area contributed by atoms with Gasteiger partial charge in [0.2, 0.25) is 0 Å². The summed E-state index contributed by atoms with van der Waals surface area (Å²) in [6, 6.07) is 10.6. The molecule has 1 aromatic heterocycles. The third-order valence-electron chi connectivity index (χ3n) is 4.10. The Morgan fingerprint density at radius 1 is 1.23 bits per heavy atom. The van der Waals surface area contributed by atoms with Crippen molar-refractivity contribution in [2.75, 3.05) is 0 Å². The number of aliphatic hydroxyl groups is 1. The van der Waals surface area contributed by atoms with Gasteiger partial charge >= 0.3 is 0 Å². The smallest absolute Gasteiger partial charge is 0.137 e. The second-order valence-electron chi connectivity index (χ2n) is 5.87. The highest BCUT2D eigenvalue weighted by molar-refractivity contribution is 6.31. The molecule has 2 unspecified atom stereocenters. The van der Waals surface area contributed by atoms with Crippen LogP contribution in [0.4, 0.5) is 4.39 Å². The minimum Gasteiger partial charge on any atom is -0.487 e. The van der Waals surface area contributed by atoms with Crippen LogP contribution in [0.25, 0.3) is 0 Å². The number of aromatic amines is 1. The molecule has 0 bridgehead atoms. The molecule has 26 heavy (non-hydrogen) atoms. The molecule has 1 heterocycles. The molecule has 0 saturated heterocycles. The summed E-state index contributed by atoms with van der Waals surface area (Å²) in [6.07, 6.45) is 0.650. The molecule has 136 valence electrons. The molecule has 8 heteroatoms. The molecule has 3 rings (SSSR count). The van der Waals surface area contributed by atoms with Crippen LogP contribution in [0.15, 0.2) is 48.8 Å². The summed E-state index contributed by atoms with van der Waals surface area (Å²) in [4.78, 5) is 4.06. The van der Waals surface area contributed by atoms with Crippen molar-refractivity contribution in [3.05, 3.63) is 76.0 Å². The molecule has 3 aromatic rings. The molecule has 0 saturated carbocycles. The lowest BCUT2D eigenvalue weighted by atomic mass is 9.85. The Hall–Kier alpha value is -2.15. The van der Waals surface area contributed by atoms with Gasteiger partial charge in [-0.3, -0.25) is 5.10 Å². The molecule has 2 atom stereocenters. The van der Waals surface area contributed by atoms with Gasteiger partial charge in [0, 0.05) is 22.0 Å². The fourth-order valence-electron chi connectivity index (χ4n) is 2.68. The van der Waals surface area contributed by atoms with Gasteiger partial charge < -0.3 is 9.84 Å². The van der Waals surface area contributed by atoms with E-state index < -0.39 is 17.5 Å². The summed E-state index contributed by atoms with van der Waals surface area (Å²) >= 11 is 12.1. The summed E-state index contributed by atoms with van der Waals surface area (Å²) in [5, 5.41) is 18.6. The maximum atomic E-state index is 13.5. The number of H-pyrrole nitrogens is 1. The van der Waals surface area contributed by atoms with Gasteiger partial charge in [-0.2, -0.15) is 5.10 Å². The predicted octanol–water partition coefficient (Wildman–Crippen LogP) is 4.15. The summed E-state index contributed by atoms with van der Waals surface area (Å²) in [5.74, 6) is 0.475. The number of aromatic nitrogens is 3. The van der Waals surface area contributed by atoms with Crippen molar-refractivity contribution in [2.45, 2.75) is 25.0 Å². The molecular formula is C18H16Cl2FN3O2. The molecule has 5 nitrogen and oxygen atoms in total. The van der Waals surface area contributed by atoms with Crippen LogP contribution in [0, 0.1) is 5.82 Å². The van der Waals surface area contributed by atoms with Crippen molar-refractivity contribution in [3.8, 4) is 5.75 Å². The average Bonchev–Trinajstić information content (AvgIpc) is 3.09. The first-order chi connectivity index (χ1) is 12.4. The summed E-state index contributed by atoms with van der Waals surface area (Å²) in [6.45, 7) is 1.70. The van der Waals surface area contributed by atoms with Crippen LogP contribution < -0.4 is 4.74 Å². The van der Waals surface area contributed by atoms with Crippen LogP contribution in [0.3, 0.4) is 0 Å². The van der Waals surface area contributed by atoms with Gasteiger partial charge in [0.25, 0.3) is 0 Å². The molecule has 0 amide bonds. The highest BCUT2D eigenvalue weighted by atomic mass is 35.5. The molecule has 0 aliphatic rings. The zero-order chi connectivity index (χ0) is 18.7. The van der Waals surface area contributed by atoms with Crippen LogP contribution in [-0.4, -0.2) is 26.4 Å². The summed E-state index contributed by atoms with van der Waals surface area (Å²) in [7, 11) is 0. The van der Waals surface area contributed by atoms with E-state index in [4.69, 9.17) is 27.9 Å². The Morgan fingerprint density at radius 3 is 2.58 bits per heavy atom. The summed E-state index contributed by atoms with van der Waals surface area (Å²) in [5.41, 5.74) is -1.25. The van der Waals surface area contributed by atoms with E-state index in [2.05, 4.69) is 15.2 Å². The summed E-state index contributed by atoms with van der Waals surface area (Å²) < 4.78 is 19.4. The topological polar surface area (TPSA) is 71.0 Å². The molecule has 2 N–H and O–H groups in total. The number of hydrogen-bond acceptors (Lipinski definition) is 4. The van der Waals surface area contributed by atoms with E-state index in [1.165, 1.54) is 18.5 Å². The first kappa shape index (κ1) is 18.6. The first-order valence-corrected chi connectivity index (χ1v) is 8.58. The maximum Gasteiger partial charge on any atom is 0.137 e. The quantitative estimate of drug-likeness (QED) is 0.657. The molecular weight excluding hydrogens is 380 g/mol. The largest absolute Gasteiger partial charge is 0.487 e. The molecule has 0 aliphatic carbocycles. The molecule has 0 radical (unpaired) electrons. The van der Waals surface area contributed by atoms with Crippen molar-refractivity contribution in [1.82, 2.24) is 15.2 Å². The van der Waals surface area contributed by atoms with Crippen molar-refractivity contribution in [3.63, 3.8) is 0 Å². The zero-order valence-corrected chi connectivity index (χ0v) is 15.3. The highest BCUT2D eigenvalue weighted by Crippen LogP contribution is 2.36. The van der Waals surface area contributed by atoms with E-state index in [1.807, 2.05) is 0 Å². The normalized spacial score (nSPS) is 14.7. The Balaban J connectivity index is 1.97. The number of benzene rings is 2. The van der Waals surface area contributed by atoms with Crippen LogP contribution in [-0.2, 0) is 12.0 Å². The Kier molecular flexibility index (Phi) is 5.46. The SMILES string of the molecule is CC(Oc1ccc(Cl)cc1)C(O)(Cc1ncn[nH]1)c1ccc(F)cc1Cl. The van der Waals surface area contributed by atoms with Gasteiger partial charge in [-0.05, 0) is 43.3 Å². The average molecular weight is 396 g/mol. The molecule has 0 aliphatic heterocycles. The Morgan fingerprint density at radius 2 is 1.96 bits per heavy atom.